The molecule has 1 aromatic rings. The van der Waals surface area contributed by atoms with Crippen molar-refractivity contribution in [2.45, 2.75) is 44.6 Å². The highest BCUT2D eigenvalue weighted by molar-refractivity contribution is 6.31. The Labute approximate surface area is 130 Å². The molecular formula is C16H19ClN2O2. The lowest BCUT2D eigenvalue weighted by molar-refractivity contribution is -0.123. The Kier molecular flexibility index (Phi) is 5.89. The molecule has 1 fully saturated rings. The van der Waals surface area contributed by atoms with Crippen LogP contribution in [0.25, 0.3) is 0 Å². The number of rotatable bonds is 4. The normalized spacial score (nSPS) is 15.8. The fourth-order valence-electron chi connectivity index (χ4n) is 2.57. The lowest BCUT2D eigenvalue weighted by Gasteiger charge is -2.16. The van der Waals surface area contributed by atoms with E-state index < -0.39 is 0 Å². The molecular weight excluding hydrogens is 288 g/mol. The molecule has 1 N–H and O–H groups in total. The van der Waals surface area contributed by atoms with Crippen LogP contribution in [0.1, 0.15) is 44.1 Å². The van der Waals surface area contributed by atoms with Crippen LogP contribution < -0.4 is 10.1 Å². The molecule has 2 rings (SSSR count). The summed E-state index contributed by atoms with van der Waals surface area (Å²) < 4.78 is 5.42. The number of carbonyl (C=O) groups excluding carboxylic acids is 1. The number of nitrogens with zero attached hydrogens (tertiary/aromatic N) is 1. The minimum atomic E-state index is -0.147. The van der Waals surface area contributed by atoms with Crippen LogP contribution in [0.15, 0.2) is 18.2 Å². The van der Waals surface area contributed by atoms with Crippen LogP contribution in [-0.2, 0) is 4.79 Å². The van der Waals surface area contributed by atoms with Crippen LogP contribution in [0.4, 0.5) is 0 Å². The molecule has 0 aliphatic heterocycles. The van der Waals surface area contributed by atoms with Crippen LogP contribution in [0.2, 0.25) is 5.02 Å². The van der Waals surface area contributed by atoms with E-state index in [9.17, 15) is 4.79 Å². The monoisotopic (exact) mass is 306 g/mol. The summed E-state index contributed by atoms with van der Waals surface area (Å²) in [7, 11) is 0. The molecule has 0 radical (unpaired) electrons. The van der Waals surface area contributed by atoms with E-state index in [1.807, 2.05) is 6.07 Å². The Hall–Kier alpha value is -1.73. The number of halogens is 1. The summed E-state index contributed by atoms with van der Waals surface area (Å²) in [6.07, 6.45) is 6.89. The zero-order valence-corrected chi connectivity index (χ0v) is 12.7. The van der Waals surface area contributed by atoms with Gasteiger partial charge in [0.05, 0.1) is 5.02 Å². The highest BCUT2D eigenvalue weighted by Gasteiger charge is 2.15. The number of hydrogen-bond acceptors (Lipinski definition) is 3. The van der Waals surface area contributed by atoms with E-state index in [-0.39, 0.29) is 24.1 Å². The standard InChI is InChI=1S/C16H19ClN2O2/c17-14-8-5-9-15(13(14)10-18)21-11-16(20)19-12-6-3-1-2-4-7-12/h5,8-9,12H,1-4,6-7,11H2,(H,19,20). The maximum Gasteiger partial charge on any atom is 0.258 e. The average Bonchev–Trinajstić information content (AvgIpc) is 2.74. The van der Waals surface area contributed by atoms with Crippen molar-refractivity contribution >= 4 is 17.5 Å². The third kappa shape index (κ3) is 4.64. The van der Waals surface area contributed by atoms with Gasteiger partial charge in [-0.3, -0.25) is 4.79 Å². The van der Waals surface area contributed by atoms with Crippen molar-refractivity contribution in [3.8, 4) is 11.8 Å². The Bertz CT molecular complexity index is 532. The van der Waals surface area contributed by atoms with Gasteiger partial charge in [0.15, 0.2) is 6.61 Å². The average molecular weight is 307 g/mol. The van der Waals surface area contributed by atoms with Crippen LogP contribution in [0.3, 0.4) is 0 Å². The van der Waals surface area contributed by atoms with Crippen molar-refractivity contribution in [3.63, 3.8) is 0 Å². The van der Waals surface area contributed by atoms with Crippen molar-refractivity contribution in [1.82, 2.24) is 5.32 Å². The number of amides is 1. The van der Waals surface area contributed by atoms with Crippen molar-refractivity contribution in [1.29, 1.82) is 5.26 Å². The molecule has 5 heteroatoms. The Balaban J connectivity index is 1.86. The minimum Gasteiger partial charge on any atom is -0.482 e. The second-order valence-electron chi connectivity index (χ2n) is 5.27. The van der Waals surface area contributed by atoms with Crippen molar-refractivity contribution in [3.05, 3.63) is 28.8 Å². The third-order valence-electron chi connectivity index (χ3n) is 3.67. The summed E-state index contributed by atoms with van der Waals surface area (Å²) in [5.41, 5.74) is 0.265. The molecule has 1 aromatic carbocycles. The molecule has 0 heterocycles. The predicted molar refractivity (Wildman–Crippen MR) is 81.3 cm³/mol. The topological polar surface area (TPSA) is 62.1 Å². The summed E-state index contributed by atoms with van der Waals surface area (Å²) in [6.45, 7) is -0.0917. The summed E-state index contributed by atoms with van der Waals surface area (Å²) in [5.74, 6) is 0.201. The SMILES string of the molecule is N#Cc1c(Cl)cccc1OCC(=O)NC1CCCCCC1. The fourth-order valence-corrected chi connectivity index (χ4v) is 2.78. The van der Waals surface area contributed by atoms with E-state index in [0.29, 0.717) is 10.8 Å². The van der Waals surface area contributed by atoms with Crippen molar-refractivity contribution < 1.29 is 9.53 Å². The lowest BCUT2D eigenvalue weighted by atomic mass is 10.1. The van der Waals surface area contributed by atoms with Gasteiger partial charge >= 0.3 is 0 Å². The zero-order chi connectivity index (χ0) is 15.1. The molecule has 1 aliphatic carbocycles. The van der Waals surface area contributed by atoms with Gasteiger partial charge in [-0.15, -0.1) is 0 Å². The zero-order valence-electron chi connectivity index (χ0n) is 11.9. The Morgan fingerprint density at radius 2 is 2.05 bits per heavy atom. The number of hydrogen-bond donors (Lipinski definition) is 1. The predicted octanol–water partition coefficient (Wildman–Crippen LogP) is 3.43. The van der Waals surface area contributed by atoms with Crippen LogP contribution in [0.5, 0.6) is 5.75 Å². The quantitative estimate of drug-likeness (QED) is 0.867. The molecule has 112 valence electrons. The molecule has 0 spiro atoms. The van der Waals surface area contributed by atoms with Crippen LogP contribution in [0, 0.1) is 11.3 Å². The Morgan fingerprint density at radius 3 is 2.71 bits per heavy atom. The molecule has 21 heavy (non-hydrogen) atoms. The number of carbonyl (C=O) groups is 1. The van der Waals surface area contributed by atoms with Gasteiger partial charge in [-0.1, -0.05) is 43.4 Å². The van der Waals surface area contributed by atoms with E-state index in [2.05, 4.69) is 5.32 Å². The fraction of sp³-hybridized carbons (Fsp3) is 0.500. The maximum absolute atomic E-state index is 11.9. The maximum atomic E-state index is 11.9. The third-order valence-corrected chi connectivity index (χ3v) is 3.98. The van der Waals surface area contributed by atoms with Gasteiger partial charge in [-0.2, -0.15) is 5.26 Å². The summed E-state index contributed by atoms with van der Waals surface area (Å²) in [6, 6.07) is 7.20. The van der Waals surface area contributed by atoms with E-state index in [0.717, 1.165) is 12.8 Å². The highest BCUT2D eigenvalue weighted by atomic mass is 35.5. The first-order valence-electron chi connectivity index (χ1n) is 7.31. The van der Waals surface area contributed by atoms with Gasteiger partial charge < -0.3 is 10.1 Å². The van der Waals surface area contributed by atoms with Gasteiger partial charge in [-0.25, -0.2) is 0 Å². The molecule has 1 saturated carbocycles. The molecule has 1 amide bonds. The smallest absolute Gasteiger partial charge is 0.258 e. The number of benzene rings is 1. The number of nitrogens with one attached hydrogen (secondary N) is 1. The molecule has 0 bridgehead atoms. The van der Waals surface area contributed by atoms with E-state index in [4.69, 9.17) is 21.6 Å². The van der Waals surface area contributed by atoms with Gasteiger partial charge in [0, 0.05) is 6.04 Å². The van der Waals surface area contributed by atoms with E-state index >= 15 is 0 Å². The first kappa shape index (κ1) is 15.7. The lowest BCUT2D eigenvalue weighted by Crippen LogP contribution is -2.37. The Morgan fingerprint density at radius 1 is 1.33 bits per heavy atom. The number of nitriles is 1. The largest absolute Gasteiger partial charge is 0.482 e. The van der Waals surface area contributed by atoms with E-state index in [1.165, 1.54) is 25.7 Å². The molecule has 0 atom stereocenters. The molecule has 0 aromatic heterocycles. The summed E-state index contributed by atoms with van der Waals surface area (Å²) in [4.78, 5) is 11.9. The molecule has 0 unspecified atom stereocenters. The molecule has 0 saturated heterocycles. The van der Waals surface area contributed by atoms with Gasteiger partial charge in [-0.05, 0) is 25.0 Å². The van der Waals surface area contributed by atoms with Gasteiger partial charge in [0.25, 0.3) is 5.91 Å². The number of ether oxygens (including phenoxy) is 1. The summed E-state index contributed by atoms with van der Waals surface area (Å²) >= 11 is 5.92. The highest BCUT2D eigenvalue weighted by Crippen LogP contribution is 2.25. The molecule has 4 nitrogen and oxygen atoms in total. The van der Waals surface area contributed by atoms with E-state index in [1.54, 1.807) is 18.2 Å². The van der Waals surface area contributed by atoms with Gasteiger partial charge in [0.2, 0.25) is 0 Å². The molecule has 1 aliphatic rings. The summed E-state index contributed by atoms with van der Waals surface area (Å²) in [5, 5.41) is 12.4. The van der Waals surface area contributed by atoms with Crippen LogP contribution in [-0.4, -0.2) is 18.6 Å². The van der Waals surface area contributed by atoms with Crippen molar-refractivity contribution in [2.24, 2.45) is 0 Å². The first-order valence-corrected chi connectivity index (χ1v) is 7.69. The van der Waals surface area contributed by atoms with Crippen LogP contribution >= 0.6 is 11.6 Å². The first-order chi connectivity index (χ1) is 10.2. The van der Waals surface area contributed by atoms with Gasteiger partial charge in [0.1, 0.15) is 17.4 Å². The minimum absolute atomic E-state index is 0.0917. The second kappa shape index (κ2) is 7.90. The second-order valence-corrected chi connectivity index (χ2v) is 5.68. The van der Waals surface area contributed by atoms with Crippen molar-refractivity contribution in [2.75, 3.05) is 6.61 Å².